The van der Waals surface area contributed by atoms with Crippen LogP contribution in [0, 0.1) is 0 Å². The van der Waals surface area contributed by atoms with E-state index in [1.165, 1.54) is 11.3 Å². The number of nitrogens with two attached hydrogens (primary N) is 1. The van der Waals surface area contributed by atoms with Crippen LogP contribution in [0.2, 0.25) is 0 Å². The molecule has 2 rings (SSSR count). The van der Waals surface area contributed by atoms with Crippen molar-refractivity contribution in [1.82, 2.24) is 15.1 Å². The van der Waals surface area contributed by atoms with Crippen LogP contribution in [0.4, 0.5) is 5.82 Å². The molecule has 0 unspecified atom stereocenters. The number of nitrogens with one attached hydrogen (secondary N) is 1. The quantitative estimate of drug-likeness (QED) is 0.705. The Labute approximate surface area is 89.6 Å². The lowest BCUT2D eigenvalue weighted by Gasteiger charge is -2.26. The molecule has 0 bridgehead atoms. The lowest BCUT2D eigenvalue weighted by molar-refractivity contribution is 0.167. The summed E-state index contributed by atoms with van der Waals surface area (Å²) in [4.78, 5) is 2.40. The molecule has 3 N–H and O–H groups in total. The largest absolute Gasteiger partial charge is 0.385 e. The van der Waals surface area contributed by atoms with Crippen molar-refractivity contribution >= 4 is 5.82 Å². The zero-order valence-corrected chi connectivity index (χ0v) is 9.12. The van der Waals surface area contributed by atoms with Gasteiger partial charge in [0.15, 0.2) is 0 Å². The van der Waals surface area contributed by atoms with Crippen molar-refractivity contribution in [2.45, 2.75) is 19.4 Å². The van der Waals surface area contributed by atoms with Gasteiger partial charge < -0.3 is 10.5 Å². The predicted octanol–water partition coefficient (Wildman–Crippen LogP) is 0.386. The Morgan fingerprint density at radius 1 is 1.60 bits per heavy atom. The van der Waals surface area contributed by atoms with Gasteiger partial charge in [0.05, 0.1) is 0 Å². The van der Waals surface area contributed by atoms with E-state index in [-0.39, 0.29) is 0 Å². The fourth-order valence-corrected chi connectivity index (χ4v) is 2.00. The highest BCUT2D eigenvalue weighted by Gasteiger charge is 2.19. The van der Waals surface area contributed by atoms with Crippen molar-refractivity contribution in [3.05, 3.63) is 11.3 Å². The summed E-state index contributed by atoms with van der Waals surface area (Å²) in [5, 5.41) is 7.02. The Kier molecular flexibility index (Phi) is 3.23. The standard InChI is InChI=1S/C10H18N4O/c1-15-6-2-4-14-5-3-9-8(7-14)10(11)13-12-9/h2-7H2,1H3,(H3,11,12,13). The zero-order chi connectivity index (χ0) is 10.7. The molecule has 0 amide bonds. The number of aromatic nitrogens is 2. The van der Waals surface area contributed by atoms with E-state index in [0.29, 0.717) is 5.82 Å². The number of fused-ring (bicyclic) bond motifs is 1. The minimum Gasteiger partial charge on any atom is -0.385 e. The number of anilines is 1. The fourth-order valence-electron chi connectivity index (χ4n) is 2.00. The number of methoxy groups -OCH3 is 1. The second kappa shape index (κ2) is 4.63. The number of nitrogen functional groups attached to an aromatic ring is 1. The third kappa shape index (κ3) is 2.30. The highest BCUT2D eigenvalue weighted by Crippen LogP contribution is 2.21. The van der Waals surface area contributed by atoms with E-state index < -0.39 is 0 Å². The third-order valence-corrected chi connectivity index (χ3v) is 2.87. The molecular formula is C10H18N4O. The number of hydrogen-bond donors (Lipinski definition) is 2. The third-order valence-electron chi connectivity index (χ3n) is 2.87. The van der Waals surface area contributed by atoms with Gasteiger partial charge in [0, 0.05) is 51.0 Å². The summed E-state index contributed by atoms with van der Waals surface area (Å²) in [6.45, 7) is 3.89. The van der Waals surface area contributed by atoms with E-state index in [4.69, 9.17) is 10.5 Å². The molecule has 0 atom stereocenters. The molecular weight excluding hydrogens is 192 g/mol. The first-order valence-electron chi connectivity index (χ1n) is 5.34. The number of aromatic amines is 1. The topological polar surface area (TPSA) is 67.2 Å². The van der Waals surface area contributed by atoms with Crippen LogP contribution in [0.25, 0.3) is 0 Å². The van der Waals surface area contributed by atoms with E-state index in [9.17, 15) is 0 Å². The summed E-state index contributed by atoms with van der Waals surface area (Å²) in [6, 6.07) is 0. The number of hydrogen-bond acceptors (Lipinski definition) is 4. The summed E-state index contributed by atoms with van der Waals surface area (Å²) in [6.07, 6.45) is 2.09. The molecule has 1 aromatic heterocycles. The van der Waals surface area contributed by atoms with Crippen molar-refractivity contribution in [2.24, 2.45) is 0 Å². The van der Waals surface area contributed by atoms with Gasteiger partial charge >= 0.3 is 0 Å². The SMILES string of the molecule is COCCCN1CCc2[nH]nc(N)c2C1. The van der Waals surface area contributed by atoms with Crippen LogP contribution in [0.5, 0.6) is 0 Å². The first-order valence-corrected chi connectivity index (χ1v) is 5.34. The normalized spacial score (nSPS) is 16.6. The lowest BCUT2D eigenvalue weighted by atomic mass is 10.1. The molecule has 5 heteroatoms. The maximum atomic E-state index is 5.78. The predicted molar refractivity (Wildman–Crippen MR) is 58.5 cm³/mol. The van der Waals surface area contributed by atoms with Gasteiger partial charge in [-0.2, -0.15) is 5.10 Å². The fraction of sp³-hybridized carbons (Fsp3) is 0.700. The van der Waals surface area contributed by atoms with Crippen LogP contribution in [0.15, 0.2) is 0 Å². The van der Waals surface area contributed by atoms with Crippen molar-refractivity contribution in [3.63, 3.8) is 0 Å². The molecule has 0 radical (unpaired) electrons. The molecule has 1 aromatic rings. The van der Waals surface area contributed by atoms with Gasteiger partial charge in [0.2, 0.25) is 0 Å². The molecule has 0 aromatic carbocycles. The van der Waals surface area contributed by atoms with Crippen molar-refractivity contribution < 1.29 is 4.74 Å². The van der Waals surface area contributed by atoms with Gasteiger partial charge in [0.25, 0.3) is 0 Å². The molecule has 0 aliphatic carbocycles. The van der Waals surface area contributed by atoms with Gasteiger partial charge in [-0.05, 0) is 6.42 Å². The molecule has 1 aliphatic heterocycles. The highest BCUT2D eigenvalue weighted by atomic mass is 16.5. The molecule has 84 valence electrons. The Morgan fingerprint density at radius 3 is 3.27 bits per heavy atom. The van der Waals surface area contributed by atoms with Crippen molar-refractivity contribution in [1.29, 1.82) is 0 Å². The van der Waals surface area contributed by atoms with Crippen LogP contribution < -0.4 is 5.73 Å². The summed E-state index contributed by atoms with van der Waals surface area (Å²) in [7, 11) is 1.74. The van der Waals surface area contributed by atoms with Gasteiger partial charge in [-0.25, -0.2) is 0 Å². The van der Waals surface area contributed by atoms with Crippen molar-refractivity contribution in [3.8, 4) is 0 Å². The van der Waals surface area contributed by atoms with Crippen LogP contribution in [0.3, 0.4) is 0 Å². The monoisotopic (exact) mass is 210 g/mol. The number of ether oxygens (including phenoxy) is 1. The molecule has 15 heavy (non-hydrogen) atoms. The van der Waals surface area contributed by atoms with Crippen LogP contribution in [0.1, 0.15) is 17.7 Å². The van der Waals surface area contributed by atoms with Gasteiger partial charge in [0.1, 0.15) is 5.82 Å². The van der Waals surface area contributed by atoms with E-state index in [0.717, 1.165) is 39.1 Å². The van der Waals surface area contributed by atoms with Gasteiger partial charge in [-0.15, -0.1) is 0 Å². The lowest BCUT2D eigenvalue weighted by Crippen LogP contribution is -2.31. The Hall–Kier alpha value is -1.07. The van der Waals surface area contributed by atoms with Crippen LogP contribution in [-0.2, 0) is 17.7 Å². The highest BCUT2D eigenvalue weighted by molar-refractivity contribution is 5.42. The zero-order valence-electron chi connectivity index (χ0n) is 9.12. The number of H-pyrrole nitrogens is 1. The van der Waals surface area contributed by atoms with Gasteiger partial charge in [-0.1, -0.05) is 0 Å². The minimum atomic E-state index is 0.654. The summed E-state index contributed by atoms with van der Waals surface area (Å²) in [5.74, 6) is 0.654. The maximum absolute atomic E-state index is 5.78. The minimum absolute atomic E-state index is 0.654. The Balaban J connectivity index is 1.90. The summed E-state index contributed by atoms with van der Waals surface area (Å²) >= 11 is 0. The first kappa shape index (κ1) is 10.4. The Bertz CT molecular complexity index is 323. The number of rotatable bonds is 4. The maximum Gasteiger partial charge on any atom is 0.149 e. The van der Waals surface area contributed by atoms with Crippen LogP contribution in [-0.4, -0.2) is 41.9 Å². The molecule has 1 aliphatic rings. The van der Waals surface area contributed by atoms with Gasteiger partial charge in [-0.3, -0.25) is 10.00 Å². The molecule has 2 heterocycles. The Morgan fingerprint density at radius 2 is 2.47 bits per heavy atom. The second-order valence-electron chi connectivity index (χ2n) is 3.94. The molecule has 5 nitrogen and oxygen atoms in total. The average molecular weight is 210 g/mol. The van der Waals surface area contributed by atoms with E-state index in [1.54, 1.807) is 7.11 Å². The smallest absolute Gasteiger partial charge is 0.149 e. The second-order valence-corrected chi connectivity index (χ2v) is 3.94. The summed E-state index contributed by atoms with van der Waals surface area (Å²) < 4.78 is 5.04. The summed E-state index contributed by atoms with van der Waals surface area (Å²) in [5.41, 5.74) is 8.17. The molecule has 0 saturated carbocycles. The number of nitrogens with zero attached hydrogens (tertiary/aromatic N) is 2. The molecule has 0 fully saturated rings. The van der Waals surface area contributed by atoms with E-state index in [2.05, 4.69) is 15.1 Å². The molecule has 0 saturated heterocycles. The average Bonchev–Trinajstić information content (AvgIpc) is 2.61. The van der Waals surface area contributed by atoms with Crippen LogP contribution >= 0.6 is 0 Å². The van der Waals surface area contributed by atoms with E-state index in [1.807, 2.05) is 0 Å². The van der Waals surface area contributed by atoms with Crippen molar-refractivity contribution in [2.75, 3.05) is 32.5 Å². The molecule has 0 spiro atoms. The van der Waals surface area contributed by atoms with E-state index >= 15 is 0 Å². The first-order chi connectivity index (χ1) is 7.31.